The number of nitrogens with zero attached hydrogens (tertiary/aromatic N) is 2. The number of alkyl carbamates (subject to hydrolysis) is 1. The fourth-order valence-corrected chi connectivity index (χ4v) is 3.33. The first-order valence-corrected chi connectivity index (χ1v) is 9.78. The van der Waals surface area contributed by atoms with E-state index >= 15 is 0 Å². The third-order valence-corrected chi connectivity index (χ3v) is 4.92. The van der Waals surface area contributed by atoms with Crippen LogP contribution in [0.5, 0.6) is 0 Å². The van der Waals surface area contributed by atoms with Crippen molar-refractivity contribution in [3.05, 3.63) is 10.6 Å². The predicted molar refractivity (Wildman–Crippen MR) is 104 cm³/mol. The second kappa shape index (κ2) is 9.20. The summed E-state index contributed by atoms with van der Waals surface area (Å²) in [5, 5.41) is 3.15. The molecule has 0 bridgehead atoms. The van der Waals surface area contributed by atoms with E-state index in [0.29, 0.717) is 23.8 Å². The number of nitrogens with one attached hydrogen (secondary N) is 3. The highest BCUT2D eigenvalue weighted by atomic mass is 32.1. The van der Waals surface area contributed by atoms with E-state index in [1.165, 1.54) is 18.3 Å². The van der Waals surface area contributed by atoms with E-state index < -0.39 is 29.6 Å². The van der Waals surface area contributed by atoms with E-state index in [-0.39, 0.29) is 0 Å². The first-order chi connectivity index (χ1) is 13.1. The Morgan fingerprint density at radius 2 is 1.86 bits per heavy atom. The second-order valence-electron chi connectivity index (χ2n) is 7.32. The van der Waals surface area contributed by atoms with Crippen LogP contribution in [-0.2, 0) is 14.3 Å². The topological polar surface area (TPSA) is 122 Å². The van der Waals surface area contributed by atoms with Crippen molar-refractivity contribution >= 4 is 34.4 Å². The minimum absolute atomic E-state index is 0.412. The van der Waals surface area contributed by atoms with E-state index in [9.17, 15) is 14.4 Å². The summed E-state index contributed by atoms with van der Waals surface area (Å²) < 4.78 is 10.4. The van der Waals surface area contributed by atoms with Crippen LogP contribution in [0.4, 0.5) is 9.93 Å². The maximum Gasteiger partial charge on any atom is 0.408 e. The van der Waals surface area contributed by atoms with Crippen LogP contribution < -0.4 is 21.1 Å². The summed E-state index contributed by atoms with van der Waals surface area (Å²) in [5.41, 5.74) is 4.57. The molecule has 2 heterocycles. The Labute approximate surface area is 167 Å². The molecule has 3 amide bonds. The van der Waals surface area contributed by atoms with Crippen molar-refractivity contribution < 1.29 is 23.9 Å². The Bertz CT molecular complexity index is 724. The lowest BCUT2D eigenvalue weighted by molar-refractivity contribution is -0.123. The number of hydrogen-bond donors (Lipinski definition) is 3. The Hall–Kier alpha value is -2.40. The molecule has 0 saturated carbocycles. The highest BCUT2D eigenvalue weighted by molar-refractivity contribution is 7.17. The molecule has 1 fully saturated rings. The molecule has 28 heavy (non-hydrogen) atoms. The molecule has 156 valence electrons. The highest BCUT2D eigenvalue weighted by Gasteiger charge is 2.23. The molecular formula is C17H27N5O5S. The number of carbonyl (C=O) groups is 3. The van der Waals surface area contributed by atoms with Gasteiger partial charge in [-0.15, -0.1) is 0 Å². The Morgan fingerprint density at radius 1 is 1.21 bits per heavy atom. The van der Waals surface area contributed by atoms with Crippen LogP contribution in [0.15, 0.2) is 0 Å². The van der Waals surface area contributed by atoms with Crippen molar-refractivity contribution in [2.24, 2.45) is 0 Å². The smallest absolute Gasteiger partial charge is 0.408 e. The van der Waals surface area contributed by atoms with Gasteiger partial charge in [0.2, 0.25) is 0 Å². The van der Waals surface area contributed by atoms with E-state index in [4.69, 9.17) is 9.47 Å². The SMILES string of the molecule is Cc1nc(N2CCOCC2)sc1C(=O)NNC(=O)[C@@H](C)NC(=O)OC(C)(C)C. The van der Waals surface area contributed by atoms with Crippen molar-refractivity contribution in [2.45, 2.75) is 46.3 Å². The number of anilines is 1. The molecule has 0 unspecified atom stereocenters. The fraction of sp³-hybridized carbons (Fsp3) is 0.647. The van der Waals surface area contributed by atoms with Gasteiger partial charge in [0.15, 0.2) is 5.13 Å². The lowest BCUT2D eigenvalue weighted by atomic mass is 10.2. The Kier molecular flexibility index (Phi) is 7.19. The first-order valence-electron chi connectivity index (χ1n) is 8.96. The molecule has 1 aliphatic rings. The lowest BCUT2D eigenvalue weighted by Gasteiger charge is -2.25. The predicted octanol–water partition coefficient (Wildman–Crippen LogP) is 0.962. The van der Waals surface area contributed by atoms with E-state index in [0.717, 1.165) is 18.2 Å². The fourth-order valence-electron chi connectivity index (χ4n) is 2.32. The van der Waals surface area contributed by atoms with Crippen molar-refractivity contribution in [3.63, 3.8) is 0 Å². The van der Waals surface area contributed by atoms with Gasteiger partial charge in [0.05, 0.1) is 18.9 Å². The van der Waals surface area contributed by atoms with Gasteiger partial charge >= 0.3 is 6.09 Å². The molecule has 1 atom stereocenters. The zero-order valence-electron chi connectivity index (χ0n) is 16.7. The van der Waals surface area contributed by atoms with E-state index in [2.05, 4.69) is 26.1 Å². The number of rotatable bonds is 4. The standard InChI is InChI=1S/C17H27N5O5S/c1-10-12(28-15(18-10)22-6-8-26-9-7-22)14(24)21-20-13(23)11(2)19-16(25)27-17(3,4)5/h11H,6-9H2,1-5H3,(H,19,25)(H,20,23)(H,21,24)/t11-/m1/s1. The Morgan fingerprint density at radius 3 is 2.46 bits per heavy atom. The number of hydrazine groups is 1. The average molecular weight is 414 g/mol. The molecule has 1 saturated heterocycles. The zero-order chi connectivity index (χ0) is 20.9. The molecule has 1 aromatic heterocycles. The van der Waals surface area contributed by atoms with Crippen molar-refractivity contribution in [3.8, 4) is 0 Å². The first kappa shape index (κ1) is 21.9. The van der Waals surface area contributed by atoms with Gasteiger partial charge in [0.25, 0.3) is 11.8 Å². The van der Waals surface area contributed by atoms with Gasteiger partial charge in [-0.3, -0.25) is 20.4 Å². The number of ether oxygens (including phenoxy) is 2. The second-order valence-corrected chi connectivity index (χ2v) is 8.30. The van der Waals surface area contributed by atoms with Gasteiger partial charge in [0, 0.05) is 13.1 Å². The molecule has 11 heteroatoms. The summed E-state index contributed by atoms with van der Waals surface area (Å²) in [6, 6.07) is -0.887. The largest absolute Gasteiger partial charge is 0.444 e. The van der Waals surface area contributed by atoms with Crippen LogP contribution in [0.1, 0.15) is 43.1 Å². The number of thiazole rings is 1. The summed E-state index contributed by atoms with van der Waals surface area (Å²) >= 11 is 1.26. The average Bonchev–Trinajstić information content (AvgIpc) is 3.00. The molecule has 0 aliphatic carbocycles. The maximum atomic E-state index is 12.4. The summed E-state index contributed by atoms with van der Waals surface area (Å²) in [4.78, 5) is 43.1. The zero-order valence-corrected chi connectivity index (χ0v) is 17.6. The monoisotopic (exact) mass is 413 g/mol. The van der Waals surface area contributed by atoms with Crippen molar-refractivity contribution in [1.82, 2.24) is 21.2 Å². The summed E-state index contributed by atoms with van der Waals surface area (Å²) in [5.74, 6) is -1.04. The van der Waals surface area contributed by atoms with Crippen LogP contribution in [0.3, 0.4) is 0 Å². The van der Waals surface area contributed by atoms with Gasteiger partial charge in [-0.05, 0) is 34.6 Å². The van der Waals surface area contributed by atoms with Crippen molar-refractivity contribution in [1.29, 1.82) is 0 Å². The van der Waals surface area contributed by atoms with E-state index in [1.54, 1.807) is 27.7 Å². The molecule has 1 aromatic rings. The number of amides is 3. The molecule has 0 radical (unpaired) electrons. The van der Waals surface area contributed by atoms with Crippen molar-refractivity contribution in [2.75, 3.05) is 31.2 Å². The number of morpholine rings is 1. The summed E-state index contributed by atoms with van der Waals surface area (Å²) in [6.07, 6.45) is -0.713. The Balaban J connectivity index is 1.86. The van der Waals surface area contributed by atoms with Gasteiger partial charge in [-0.2, -0.15) is 0 Å². The molecule has 3 N–H and O–H groups in total. The molecule has 0 spiro atoms. The number of aromatic nitrogens is 1. The third-order valence-electron chi connectivity index (χ3n) is 3.70. The van der Waals surface area contributed by atoms with Gasteiger partial charge in [0.1, 0.15) is 16.5 Å². The minimum Gasteiger partial charge on any atom is -0.444 e. The van der Waals surface area contributed by atoms with E-state index in [1.807, 2.05) is 0 Å². The lowest BCUT2D eigenvalue weighted by Crippen LogP contribution is -2.51. The maximum absolute atomic E-state index is 12.4. The van der Waals surface area contributed by atoms with Crippen LogP contribution in [-0.4, -0.2) is 60.8 Å². The number of carbonyl (C=O) groups excluding carboxylic acids is 3. The molecule has 2 rings (SSSR count). The normalized spacial score (nSPS) is 15.5. The van der Waals surface area contributed by atoms with Gasteiger partial charge in [-0.25, -0.2) is 9.78 Å². The molecule has 10 nitrogen and oxygen atoms in total. The van der Waals surface area contributed by atoms with Gasteiger partial charge in [-0.1, -0.05) is 11.3 Å². The van der Waals surface area contributed by atoms with Crippen LogP contribution >= 0.6 is 11.3 Å². The third kappa shape index (κ3) is 6.34. The van der Waals surface area contributed by atoms with Crippen LogP contribution in [0.25, 0.3) is 0 Å². The highest BCUT2D eigenvalue weighted by Crippen LogP contribution is 2.26. The summed E-state index contributed by atoms with van der Waals surface area (Å²) in [7, 11) is 0. The van der Waals surface area contributed by atoms with Crippen LogP contribution in [0, 0.1) is 6.92 Å². The van der Waals surface area contributed by atoms with Crippen LogP contribution in [0.2, 0.25) is 0 Å². The number of hydrogen-bond acceptors (Lipinski definition) is 8. The quantitative estimate of drug-likeness (QED) is 0.629. The molecule has 1 aliphatic heterocycles. The van der Waals surface area contributed by atoms with Gasteiger partial charge < -0.3 is 19.7 Å². The molecular weight excluding hydrogens is 386 g/mol. The molecule has 0 aromatic carbocycles. The minimum atomic E-state index is -0.887. The number of aryl methyl sites for hydroxylation is 1. The summed E-state index contributed by atoms with van der Waals surface area (Å²) in [6.45, 7) is 11.1.